The fraction of sp³-hybridized carbons (Fsp3) is 0.483. The molecule has 5 heteroatoms. The van der Waals surface area contributed by atoms with Gasteiger partial charge in [0.2, 0.25) is 0 Å². The number of hydrogen-bond acceptors (Lipinski definition) is 0. The molecule has 0 unspecified atom stereocenters. The first-order chi connectivity index (χ1) is 27.7. The Hall–Kier alpha value is -2.16. The van der Waals surface area contributed by atoms with Crippen LogP contribution in [0.15, 0.2) is 84.9 Å². The van der Waals surface area contributed by atoms with Crippen molar-refractivity contribution in [3.63, 3.8) is 0 Å². The molecule has 0 aliphatic carbocycles. The summed E-state index contributed by atoms with van der Waals surface area (Å²) < 4.78 is 0. The third-order valence-electron chi connectivity index (χ3n) is 12.9. The van der Waals surface area contributed by atoms with Crippen molar-refractivity contribution < 1.29 is 25.8 Å². The van der Waals surface area contributed by atoms with Crippen LogP contribution in [-0.4, -0.2) is 32.3 Å². The number of hydrogen-bond donors (Lipinski definition) is 0. The minimum Gasteiger partial charge on any atom is -0.145 e. The zero-order valence-corrected chi connectivity index (χ0v) is 52.2. The van der Waals surface area contributed by atoms with Crippen LogP contribution in [0, 0.1) is 0 Å². The van der Waals surface area contributed by atoms with Gasteiger partial charge in [0.25, 0.3) is 0 Å². The molecular weight excluding hydrogens is 987 g/mol. The molecule has 0 fully saturated rings. The van der Waals surface area contributed by atoms with Gasteiger partial charge in [0.15, 0.2) is 0 Å². The van der Waals surface area contributed by atoms with E-state index < -0.39 is 32.3 Å². The van der Waals surface area contributed by atoms with E-state index in [2.05, 4.69) is 247 Å². The summed E-state index contributed by atoms with van der Waals surface area (Å²) in [6.45, 7) is 57.7. The Kier molecular flexibility index (Phi) is 15.1. The molecule has 0 radical (unpaired) electrons. The van der Waals surface area contributed by atoms with Crippen molar-refractivity contribution in [2.45, 2.75) is 183 Å². The van der Waals surface area contributed by atoms with E-state index in [0.29, 0.717) is 0 Å². The SMILES string of the molecule is CC(C)(C)c1cc(-c2cc3cc([Si](C)(C)C)c([Si](C)(C)C)cc3[cH-]2)cc(C(C)(C)C)c1.CC(C)(C)c1cc(-c2cc3cc([Si](C)(C)C)c([Si](C)(C)C)cc3[cH-]2)cc(C(C)(C)C)c1.[Hf+4]. The minimum absolute atomic E-state index is 0. The molecule has 0 atom stereocenters. The maximum absolute atomic E-state index is 2.54. The molecule has 0 nitrogen and oxygen atoms in total. The molecule has 0 spiro atoms. The van der Waals surface area contributed by atoms with Crippen LogP contribution in [0.3, 0.4) is 0 Å². The summed E-state index contributed by atoms with van der Waals surface area (Å²) in [5, 5.41) is 12.3. The van der Waals surface area contributed by atoms with E-state index in [4.69, 9.17) is 0 Å². The van der Waals surface area contributed by atoms with E-state index in [-0.39, 0.29) is 47.5 Å². The summed E-state index contributed by atoms with van der Waals surface area (Å²) in [6.07, 6.45) is 0. The zero-order chi connectivity index (χ0) is 47.1. The summed E-state index contributed by atoms with van der Waals surface area (Å²) in [5.74, 6) is 0. The second kappa shape index (κ2) is 17.8. The van der Waals surface area contributed by atoms with Crippen LogP contribution in [0.4, 0.5) is 0 Å². The molecule has 63 heavy (non-hydrogen) atoms. The normalized spacial score (nSPS) is 13.6. The van der Waals surface area contributed by atoms with Crippen molar-refractivity contribution in [3.05, 3.63) is 107 Å². The number of fused-ring (bicyclic) bond motifs is 2. The van der Waals surface area contributed by atoms with Crippen molar-refractivity contribution >= 4 is 74.6 Å². The molecule has 6 aromatic rings. The maximum Gasteiger partial charge on any atom is 4.00 e. The molecule has 0 saturated heterocycles. The van der Waals surface area contributed by atoms with Crippen molar-refractivity contribution in [1.29, 1.82) is 0 Å². The molecule has 0 amide bonds. The Labute approximate surface area is 410 Å². The molecule has 0 N–H and O–H groups in total. The average molecular weight is 1070 g/mol. The summed E-state index contributed by atoms with van der Waals surface area (Å²) in [4.78, 5) is 0. The van der Waals surface area contributed by atoms with Gasteiger partial charge in [-0.05, 0) is 43.9 Å². The fourth-order valence-electron chi connectivity index (χ4n) is 8.66. The summed E-state index contributed by atoms with van der Waals surface area (Å²) in [6, 6.07) is 34.4. The molecular formula is C58H86HfSi4+2. The van der Waals surface area contributed by atoms with Gasteiger partial charge in [-0.1, -0.05) is 242 Å². The minimum atomic E-state index is -1.41. The number of rotatable bonds is 6. The third-order valence-corrected chi connectivity index (χ3v) is 21.5. The molecule has 0 aliphatic rings. The molecule has 0 heterocycles. The van der Waals surface area contributed by atoms with E-state index in [1.165, 1.54) is 66.1 Å². The second-order valence-electron chi connectivity index (χ2n) is 27.1. The van der Waals surface area contributed by atoms with E-state index in [9.17, 15) is 0 Å². The van der Waals surface area contributed by atoms with Gasteiger partial charge < -0.3 is 0 Å². The quantitative estimate of drug-likeness (QED) is 0.115. The first kappa shape index (κ1) is 53.5. The molecule has 6 aromatic carbocycles. The van der Waals surface area contributed by atoms with Gasteiger partial charge in [0, 0.05) is 0 Å². The van der Waals surface area contributed by atoms with Crippen LogP contribution < -0.4 is 20.7 Å². The molecule has 0 saturated carbocycles. The summed E-state index contributed by atoms with van der Waals surface area (Å²) >= 11 is 0. The molecule has 0 bridgehead atoms. The second-order valence-corrected chi connectivity index (χ2v) is 47.3. The van der Waals surface area contributed by atoms with Gasteiger partial charge in [-0.3, -0.25) is 0 Å². The Morgan fingerprint density at radius 1 is 0.302 bits per heavy atom. The van der Waals surface area contributed by atoms with Crippen LogP contribution >= 0.6 is 0 Å². The Morgan fingerprint density at radius 3 is 0.730 bits per heavy atom. The fourth-order valence-corrected chi connectivity index (χ4v) is 19.0. The van der Waals surface area contributed by atoms with Gasteiger partial charge in [-0.25, -0.2) is 0 Å². The Morgan fingerprint density at radius 2 is 0.524 bits per heavy atom. The zero-order valence-electron chi connectivity index (χ0n) is 44.6. The van der Waals surface area contributed by atoms with Crippen LogP contribution in [0.25, 0.3) is 43.8 Å². The van der Waals surface area contributed by atoms with E-state index in [1.54, 1.807) is 20.7 Å². The number of benzene rings is 4. The first-order valence-electron chi connectivity index (χ1n) is 23.6. The smallest absolute Gasteiger partial charge is 0.145 e. The van der Waals surface area contributed by atoms with Gasteiger partial charge in [-0.15, -0.1) is 69.1 Å². The van der Waals surface area contributed by atoms with Gasteiger partial charge >= 0.3 is 25.8 Å². The standard InChI is InChI=1S/2C29H43Si2.Hf/c2*1-28(2,3)24-15-23(16-25(19-24)29(4,5)6)20-13-21-17-26(30(7,8)9)27(31(10,11)12)18-22(21)14-20;/h2*13-19H,1-12H3;/q2*-1;+4. The van der Waals surface area contributed by atoms with Crippen LogP contribution in [-0.2, 0) is 47.5 Å². The predicted octanol–water partition coefficient (Wildman–Crippen LogP) is 15.8. The average Bonchev–Trinajstić information content (AvgIpc) is 3.71. The molecule has 336 valence electrons. The van der Waals surface area contributed by atoms with E-state index >= 15 is 0 Å². The summed E-state index contributed by atoms with van der Waals surface area (Å²) in [7, 11) is -5.63. The van der Waals surface area contributed by atoms with Gasteiger partial charge in [0.05, 0.1) is 32.3 Å². The van der Waals surface area contributed by atoms with Gasteiger partial charge in [0.1, 0.15) is 0 Å². The Bertz CT molecular complexity index is 2220. The van der Waals surface area contributed by atoms with Crippen LogP contribution in [0.2, 0.25) is 78.6 Å². The third kappa shape index (κ3) is 12.6. The van der Waals surface area contributed by atoms with Crippen LogP contribution in [0.5, 0.6) is 0 Å². The predicted molar refractivity (Wildman–Crippen MR) is 297 cm³/mol. The van der Waals surface area contributed by atoms with E-state index in [0.717, 1.165) is 0 Å². The largest absolute Gasteiger partial charge is 4.00 e. The van der Waals surface area contributed by atoms with Crippen LogP contribution in [0.1, 0.15) is 105 Å². The maximum atomic E-state index is 2.54. The Balaban J connectivity index is 0.000000272. The monoisotopic (exact) mass is 1070 g/mol. The van der Waals surface area contributed by atoms with Crippen molar-refractivity contribution in [1.82, 2.24) is 0 Å². The van der Waals surface area contributed by atoms with Crippen molar-refractivity contribution in [3.8, 4) is 22.3 Å². The van der Waals surface area contributed by atoms with Gasteiger partial charge in [-0.2, -0.15) is 0 Å². The molecule has 6 rings (SSSR count). The molecule has 0 aliphatic heterocycles. The van der Waals surface area contributed by atoms with E-state index in [1.807, 2.05) is 0 Å². The first-order valence-corrected chi connectivity index (χ1v) is 37.6. The summed E-state index contributed by atoms with van der Waals surface area (Å²) in [5.41, 5.74) is 11.7. The van der Waals surface area contributed by atoms with Crippen molar-refractivity contribution in [2.24, 2.45) is 0 Å². The topological polar surface area (TPSA) is 0 Å². The molecule has 0 aromatic heterocycles. The van der Waals surface area contributed by atoms with Crippen molar-refractivity contribution in [2.75, 3.05) is 0 Å².